The Balaban J connectivity index is 2.51. The van der Waals surface area contributed by atoms with E-state index in [4.69, 9.17) is 5.73 Å². The molecule has 0 saturated carbocycles. The van der Waals surface area contributed by atoms with Crippen LogP contribution < -0.4 is 5.73 Å². The Labute approximate surface area is 102 Å². The van der Waals surface area contributed by atoms with Crippen molar-refractivity contribution in [3.63, 3.8) is 0 Å². The van der Waals surface area contributed by atoms with Crippen LogP contribution in [0, 0.1) is 12.8 Å². The van der Waals surface area contributed by atoms with Crippen LogP contribution in [-0.2, 0) is 0 Å². The molecule has 4 heteroatoms. The highest BCUT2D eigenvalue weighted by Crippen LogP contribution is 2.25. The summed E-state index contributed by atoms with van der Waals surface area (Å²) >= 11 is 0. The number of pyridine rings is 1. The molecule has 0 bridgehead atoms. The number of imidazole rings is 1. The Kier molecular flexibility index (Phi) is 3.05. The smallest absolute Gasteiger partial charge is 0.202 e. The lowest BCUT2D eigenvalue weighted by Crippen LogP contribution is -2.11. The van der Waals surface area contributed by atoms with Crippen LogP contribution in [0.4, 0.5) is 5.95 Å². The van der Waals surface area contributed by atoms with E-state index in [0.29, 0.717) is 17.9 Å². The summed E-state index contributed by atoms with van der Waals surface area (Å²) in [4.78, 5) is 8.91. The summed E-state index contributed by atoms with van der Waals surface area (Å²) < 4.78 is 2.04. The molecule has 0 radical (unpaired) electrons. The van der Waals surface area contributed by atoms with E-state index in [9.17, 15) is 0 Å². The monoisotopic (exact) mass is 232 g/mol. The van der Waals surface area contributed by atoms with Crippen LogP contribution in [0.5, 0.6) is 0 Å². The first-order chi connectivity index (χ1) is 7.99. The molecule has 2 aromatic heterocycles. The van der Waals surface area contributed by atoms with Crippen LogP contribution in [0.2, 0.25) is 0 Å². The lowest BCUT2D eigenvalue weighted by Gasteiger charge is -2.17. The first kappa shape index (κ1) is 11.9. The molecule has 0 saturated heterocycles. The molecule has 2 aromatic rings. The largest absolute Gasteiger partial charge is 0.369 e. The van der Waals surface area contributed by atoms with Crippen molar-refractivity contribution in [1.82, 2.24) is 14.5 Å². The first-order valence-corrected chi connectivity index (χ1v) is 6.10. The first-order valence-electron chi connectivity index (χ1n) is 6.10. The van der Waals surface area contributed by atoms with Gasteiger partial charge in [0.25, 0.3) is 0 Å². The van der Waals surface area contributed by atoms with Crippen molar-refractivity contribution in [2.75, 3.05) is 5.73 Å². The molecule has 0 aliphatic carbocycles. The predicted octanol–water partition coefficient (Wildman–Crippen LogP) is 2.93. The van der Waals surface area contributed by atoms with Gasteiger partial charge in [0.15, 0.2) is 5.65 Å². The lowest BCUT2D eigenvalue weighted by atomic mass is 10.1. The molecule has 1 unspecified atom stereocenters. The van der Waals surface area contributed by atoms with E-state index in [1.54, 1.807) is 0 Å². The predicted molar refractivity (Wildman–Crippen MR) is 70.8 cm³/mol. The molecule has 0 fully saturated rings. The Morgan fingerprint density at radius 1 is 1.24 bits per heavy atom. The quantitative estimate of drug-likeness (QED) is 0.885. The van der Waals surface area contributed by atoms with E-state index in [1.165, 1.54) is 0 Å². The second-order valence-corrected chi connectivity index (χ2v) is 5.11. The van der Waals surface area contributed by atoms with Gasteiger partial charge in [0.1, 0.15) is 5.52 Å². The summed E-state index contributed by atoms with van der Waals surface area (Å²) in [5.74, 6) is 1.19. The van der Waals surface area contributed by atoms with Crippen LogP contribution >= 0.6 is 0 Å². The summed E-state index contributed by atoms with van der Waals surface area (Å²) in [5, 5.41) is 0. The van der Waals surface area contributed by atoms with Crippen LogP contribution in [0.1, 0.15) is 38.9 Å². The number of aromatic nitrogens is 3. The number of nitrogens with zero attached hydrogens (tertiary/aromatic N) is 3. The topological polar surface area (TPSA) is 56.7 Å². The molecular weight excluding hydrogens is 212 g/mol. The van der Waals surface area contributed by atoms with Gasteiger partial charge in [-0.05, 0) is 38.3 Å². The van der Waals surface area contributed by atoms with E-state index in [0.717, 1.165) is 23.3 Å². The molecule has 0 aliphatic heterocycles. The van der Waals surface area contributed by atoms with Crippen LogP contribution in [0.25, 0.3) is 11.2 Å². The highest BCUT2D eigenvalue weighted by Gasteiger charge is 2.16. The fourth-order valence-electron chi connectivity index (χ4n) is 2.31. The van der Waals surface area contributed by atoms with Gasteiger partial charge in [-0.1, -0.05) is 13.8 Å². The average Bonchev–Trinajstić information content (AvgIpc) is 2.52. The Morgan fingerprint density at radius 2 is 1.94 bits per heavy atom. The molecule has 0 aromatic carbocycles. The van der Waals surface area contributed by atoms with E-state index in [2.05, 4.69) is 30.7 Å². The molecule has 1 atom stereocenters. The summed E-state index contributed by atoms with van der Waals surface area (Å²) in [6, 6.07) is 4.27. The summed E-state index contributed by atoms with van der Waals surface area (Å²) in [5.41, 5.74) is 8.76. The molecule has 2 N–H and O–H groups in total. The van der Waals surface area contributed by atoms with Crippen molar-refractivity contribution < 1.29 is 0 Å². The molecule has 2 rings (SSSR count). The number of aryl methyl sites for hydroxylation is 1. The minimum atomic E-state index is 0.328. The molecule has 2 heterocycles. The fourth-order valence-corrected chi connectivity index (χ4v) is 2.31. The van der Waals surface area contributed by atoms with E-state index >= 15 is 0 Å². The van der Waals surface area contributed by atoms with Gasteiger partial charge in [0.2, 0.25) is 5.95 Å². The van der Waals surface area contributed by atoms with E-state index in [-0.39, 0.29) is 0 Å². The molecular formula is C13H20N4. The highest BCUT2D eigenvalue weighted by atomic mass is 15.2. The van der Waals surface area contributed by atoms with Gasteiger partial charge in [-0.15, -0.1) is 0 Å². The maximum absolute atomic E-state index is 5.99. The molecule has 0 spiro atoms. The third-order valence-corrected chi connectivity index (χ3v) is 2.96. The summed E-state index contributed by atoms with van der Waals surface area (Å²) in [6.45, 7) is 8.58. The third kappa shape index (κ3) is 2.25. The van der Waals surface area contributed by atoms with Crippen LogP contribution in [0.3, 0.4) is 0 Å². The van der Waals surface area contributed by atoms with Crippen LogP contribution in [0.15, 0.2) is 12.1 Å². The van der Waals surface area contributed by atoms with Gasteiger partial charge in [-0.3, -0.25) is 4.57 Å². The average molecular weight is 232 g/mol. The Morgan fingerprint density at radius 3 is 2.59 bits per heavy atom. The number of rotatable bonds is 3. The van der Waals surface area contributed by atoms with Gasteiger partial charge in [0.05, 0.1) is 0 Å². The second-order valence-electron chi connectivity index (χ2n) is 5.11. The van der Waals surface area contributed by atoms with Crippen LogP contribution in [-0.4, -0.2) is 14.5 Å². The number of fused-ring (bicyclic) bond motifs is 1. The Hall–Kier alpha value is -1.58. The van der Waals surface area contributed by atoms with Crippen molar-refractivity contribution in [2.24, 2.45) is 5.92 Å². The van der Waals surface area contributed by atoms with Crippen molar-refractivity contribution in [3.8, 4) is 0 Å². The lowest BCUT2D eigenvalue weighted by molar-refractivity contribution is 0.438. The normalized spacial score (nSPS) is 13.5. The molecule has 0 amide bonds. The van der Waals surface area contributed by atoms with Gasteiger partial charge < -0.3 is 5.73 Å². The maximum Gasteiger partial charge on any atom is 0.202 e. The zero-order valence-corrected chi connectivity index (χ0v) is 10.9. The zero-order chi connectivity index (χ0) is 12.6. The third-order valence-electron chi connectivity index (χ3n) is 2.96. The minimum absolute atomic E-state index is 0.328. The van der Waals surface area contributed by atoms with Crippen molar-refractivity contribution in [2.45, 2.75) is 40.2 Å². The van der Waals surface area contributed by atoms with E-state index < -0.39 is 0 Å². The minimum Gasteiger partial charge on any atom is -0.369 e. The number of nitrogen functional groups attached to an aromatic ring is 1. The molecule has 92 valence electrons. The summed E-state index contributed by atoms with van der Waals surface area (Å²) in [6.07, 6.45) is 1.07. The summed E-state index contributed by atoms with van der Waals surface area (Å²) in [7, 11) is 0. The number of hydrogen-bond acceptors (Lipinski definition) is 3. The SMILES string of the molecule is Cc1ccc2nc(N)n(C(C)CC(C)C)c2n1. The highest BCUT2D eigenvalue weighted by molar-refractivity contribution is 5.74. The van der Waals surface area contributed by atoms with E-state index in [1.807, 2.05) is 23.6 Å². The van der Waals surface area contributed by atoms with Gasteiger partial charge in [-0.25, -0.2) is 9.97 Å². The van der Waals surface area contributed by atoms with Gasteiger partial charge >= 0.3 is 0 Å². The van der Waals surface area contributed by atoms with Gasteiger partial charge in [0, 0.05) is 11.7 Å². The van der Waals surface area contributed by atoms with Crippen molar-refractivity contribution in [1.29, 1.82) is 0 Å². The molecule has 17 heavy (non-hydrogen) atoms. The van der Waals surface area contributed by atoms with Crippen molar-refractivity contribution >= 4 is 17.1 Å². The Bertz CT molecular complexity index is 527. The molecule has 4 nitrogen and oxygen atoms in total. The molecule has 0 aliphatic rings. The maximum atomic E-state index is 5.99. The standard InChI is InChI=1S/C13H20N4/c1-8(2)7-10(4)17-12-11(16-13(17)14)6-5-9(3)15-12/h5-6,8,10H,7H2,1-4H3,(H2,14,16). The number of anilines is 1. The van der Waals surface area contributed by atoms with Gasteiger partial charge in [-0.2, -0.15) is 0 Å². The second kappa shape index (κ2) is 4.35. The number of hydrogen-bond donors (Lipinski definition) is 1. The zero-order valence-electron chi connectivity index (χ0n) is 10.9. The fraction of sp³-hybridized carbons (Fsp3) is 0.538. The van der Waals surface area contributed by atoms with Crippen molar-refractivity contribution in [3.05, 3.63) is 17.8 Å². The number of nitrogens with two attached hydrogens (primary N) is 1.